The number of rotatable bonds is 5. The minimum absolute atomic E-state index is 0.178. The van der Waals surface area contributed by atoms with Gasteiger partial charge in [-0.1, -0.05) is 0 Å². The molecule has 1 heterocycles. The third kappa shape index (κ3) is 3.64. The van der Waals surface area contributed by atoms with Crippen molar-refractivity contribution in [2.45, 2.75) is 26.9 Å². The number of amides is 1. The third-order valence-corrected chi connectivity index (χ3v) is 4.39. The number of ether oxygens (including phenoxy) is 1. The quantitative estimate of drug-likeness (QED) is 0.804. The highest BCUT2D eigenvalue weighted by Crippen LogP contribution is 2.33. The zero-order valence-corrected chi connectivity index (χ0v) is 15.2. The summed E-state index contributed by atoms with van der Waals surface area (Å²) in [6, 6.07) is 10.9. The molecule has 1 aliphatic heterocycles. The number of hydrogen-bond acceptors (Lipinski definition) is 5. The molecule has 0 unspecified atom stereocenters. The molecule has 1 atom stereocenters. The molecule has 2 aromatic rings. The fourth-order valence-corrected chi connectivity index (χ4v) is 2.85. The number of aromatic hydroxyl groups is 1. The molecule has 2 N–H and O–H groups in total. The molecule has 1 aliphatic rings. The summed E-state index contributed by atoms with van der Waals surface area (Å²) in [5, 5.41) is 13.1. The minimum atomic E-state index is -0.502. The molecule has 136 valence electrons. The van der Waals surface area contributed by atoms with Crippen LogP contribution in [0.3, 0.4) is 0 Å². The lowest BCUT2D eigenvalue weighted by Crippen LogP contribution is -2.34. The van der Waals surface area contributed by atoms with Crippen LogP contribution >= 0.6 is 0 Å². The van der Waals surface area contributed by atoms with Gasteiger partial charge in [-0.25, -0.2) is 0 Å². The molecular weight excluding hydrogens is 330 g/mol. The van der Waals surface area contributed by atoms with Crippen LogP contribution < -0.4 is 15.0 Å². The summed E-state index contributed by atoms with van der Waals surface area (Å²) < 4.78 is 5.53. The van der Waals surface area contributed by atoms with E-state index in [1.165, 1.54) is 0 Å². The summed E-state index contributed by atoms with van der Waals surface area (Å²) in [5.74, 6) is 0.632. The maximum absolute atomic E-state index is 11.7. The van der Waals surface area contributed by atoms with Gasteiger partial charge in [-0.15, -0.1) is 0 Å². The highest BCUT2D eigenvalue weighted by Gasteiger charge is 2.23. The van der Waals surface area contributed by atoms with Gasteiger partial charge in [0.2, 0.25) is 0 Å². The SMILES string of the molecule is CCN(CC)c1ccc(C=Nc2ccc3c(c2)NC(=O)[C@H](C)O3)c(O)c1. The number of nitrogens with one attached hydrogen (secondary N) is 1. The van der Waals surface area contributed by atoms with Crippen LogP contribution in [0.25, 0.3) is 0 Å². The van der Waals surface area contributed by atoms with Crippen molar-refractivity contribution in [1.82, 2.24) is 0 Å². The van der Waals surface area contributed by atoms with E-state index in [4.69, 9.17) is 4.74 Å². The van der Waals surface area contributed by atoms with Crippen LogP contribution in [0.1, 0.15) is 26.3 Å². The van der Waals surface area contributed by atoms with Crippen LogP contribution in [0.4, 0.5) is 17.1 Å². The van der Waals surface area contributed by atoms with E-state index in [0.29, 0.717) is 22.7 Å². The summed E-state index contributed by atoms with van der Waals surface area (Å²) in [5.41, 5.74) is 2.87. The molecule has 2 aromatic carbocycles. The lowest BCUT2D eigenvalue weighted by molar-refractivity contribution is -0.122. The molecule has 0 aromatic heterocycles. The second kappa shape index (κ2) is 7.47. The first-order valence-corrected chi connectivity index (χ1v) is 8.75. The number of benzene rings is 2. The predicted molar refractivity (Wildman–Crippen MR) is 104 cm³/mol. The van der Waals surface area contributed by atoms with Crippen LogP contribution in [-0.4, -0.2) is 36.4 Å². The van der Waals surface area contributed by atoms with Crippen molar-refractivity contribution in [1.29, 1.82) is 0 Å². The maximum Gasteiger partial charge on any atom is 0.265 e. The molecule has 0 bridgehead atoms. The van der Waals surface area contributed by atoms with E-state index in [1.807, 2.05) is 12.1 Å². The van der Waals surface area contributed by atoms with Gasteiger partial charge < -0.3 is 20.1 Å². The second-order valence-corrected chi connectivity index (χ2v) is 6.10. The highest BCUT2D eigenvalue weighted by atomic mass is 16.5. The number of carbonyl (C=O) groups excluding carboxylic acids is 1. The Labute approximate surface area is 153 Å². The number of fused-ring (bicyclic) bond motifs is 1. The normalized spacial score (nSPS) is 16.1. The van der Waals surface area contributed by atoms with E-state index in [1.54, 1.807) is 37.4 Å². The van der Waals surface area contributed by atoms with E-state index in [9.17, 15) is 9.90 Å². The monoisotopic (exact) mass is 353 g/mol. The molecule has 6 nitrogen and oxygen atoms in total. The van der Waals surface area contributed by atoms with Gasteiger partial charge in [-0.3, -0.25) is 9.79 Å². The van der Waals surface area contributed by atoms with Crippen molar-refractivity contribution >= 4 is 29.2 Å². The molecule has 6 heteroatoms. The number of anilines is 2. The molecule has 0 radical (unpaired) electrons. The Morgan fingerprint density at radius 1 is 1.23 bits per heavy atom. The van der Waals surface area contributed by atoms with E-state index in [0.717, 1.165) is 18.8 Å². The van der Waals surface area contributed by atoms with Gasteiger partial charge >= 0.3 is 0 Å². The standard InChI is InChI=1S/C20H23N3O3/c1-4-23(5-2)16-8-6-14(18(24)11-16)12-21-15-7-9-19-17(10-15)22-20(25)13(3)26-19/h6-13,24H,4-5H2,1-3H3,(H,22,25)/t13-/m0/s1. The molecule has 0 aliphatic carbocycles. The maximum atomic E-state index is 11.7. The van der Waals surface area contributed by atoms with Crippen molar-refractivity contribution in [3.63, 3.8) is 0 Å². The number of phenolic OH excluding ortho intramolecular Hbond substituents is 1. The van der Waals surface area contributed by atoms with Gasteiger partial charge in [-0.05, 0) is 51.1 Å². The van der Waals surface area contributed by atoms with E-state index in [-0.39, 0.29) is 11.7 Å². The van der Waals surface area contributed by atoms with Crippen molar-refractivity contribution < 1.29 is 14.6 Å². The van der Waals surface area contributed by atoms with Crippen molar-refractivity contribution in [3.8, 4) is 11.5 Å². The lowest BCUT2D eigenvalue weighted by Gasteiger charge is -2.23. The molecule has 0 saturated heterocycles. The third-order valence-electron chi connectivity index (χ3n) is 4.39. The number of aliphatic imine (C=N–C) groups is 1. The van der Waals surface area contributed by atoms with Crippen LogP contribution in [0.5, 0.6) is 11.5 Å². The van der Waals surface area contributed by atoms with E-state index < -0.39 is 6.10 Å². The Hall–Kier alpha value is -3.02. The Bertz CT molecular complexity index is 844. The summed E-state index contributed by atoms with van der Waals surface area (Å²) in [6.45, 7) is 7.62. The van der Waals surface area contributed by atoms with Gasteiger partial charge in [0.15, 0.2) is 6.10 Å². The molecule has 1 amide bonds. The van der Waals surface area contributed by atoms with Crippen molar-refractivity contribution in [2.75, 3.05) is 23.3 Å². The molecule has 0 saturated carbocycles. The van der Waals surface area contributed by atoms with Gasteiger partial charge in [0.1, 0.15) is 11.5 Å². The molecule has 0 fully saturated rings. The Morgan fingerprint density at radius 2 is 2.00 bits per heavy atom. The zero-order chi connectivity index (χ0) is 18.7. The smallest absolute Gasteiger partial charge is 0.265 e. The summed E-state index contributed by atoms with van der Waals surface area (Å²) in [4.78, 5) is 18.3. The van der Waals surface area contributed by atoms with Gasteiger partial charge in [0, 0.05) is 36.6 Å². The number of nitrogens with zero attached hydrogens (tertiary/aromatic N) is 2. The molecular formula is C20H23N3O3. The fourth-order valence-electron chi connectivity index (χ4n) is 2.85. The Morgan fingerprint density at radius 3 is 2.69 bits per heavy atom. The van der Waals surface area contributed by atoms with Gasteiger partial charge in [0.05, 0.1) is 11.4 Å². The van der Waals surface area contributed by atoms with Crippen LogP contribution in [-0.2, 0) is 4.79 Å². The first-order chi connectivity index (χ1) is 12.5. The number of carbonyl (C=O) groups is 1. The average molecular weight is 353 g/mol. The van der Waals surface area contributed by atoms with Crippen LogP contribution in [0.2, 0.25) is 0 Å². The molecule has 0 spiro atoms. The Balaban J connectivity index is 1.80. The number of hydrogen-bond donors (Lipinski definition) is 2. The highest BCUT2D eigenvalue weighted by molar-refractivity contribution is 5.98. The van der Waals surface area contributed by atoms with Crippen LogP contribution in [0.15, 0.2) is 41.4 Å². The zero-order valence-electron chi connectivity index (χ0n) is 15.2. The van der Waals surface area contributed by atoms with Gasteiger partial charge in [0.25, 0.3) is 5.91 Å². The second-order valence-electron chi connectivity index (χ2n) is 6.10. The van der Waals surface area contributed by atoms with Crippen molar-refractivity contribution in [3.05, 3.63) is 42.0 Å². The average Bonchev–Trinajstić information content (AvgIpc) is 2.63. The predicted octanol–water partition coefficient (Wildman–Crippen LogP) is 3.71. The first-order valence-electron chi connectivity index (χ1n) is 8.75. The molecule has 26 heavy (non-hydrogen) atoms. The summed E-state index contributed by atoms with van der Waals surface area (Å²) in [6.07, 6.45) is 1.11. The number of phenols is 1. The van der Waals surface area contributed by atoms with E-state index in [2.05, 4.69) is 29.1 Å². The first kappa shape index (κ1) is 17.8. The topological polar surface area (TPSA) is 74.2 Å². The fraction of sp³-hybridized carbons (Fsp3) is 0.300. The summed E-state index contributed by atoms with van der Waals surface area (Å²) in [7, 11) is 0. The van der Waals surface area contributed by atoms with E-state index >= 15 is 0 Å². The molecule has 3 rings (SSSR count). The summed E-state index contributed by atoms with van der Waals surface area (Å²) >= 11 is 0. The van der Waals surface area contributed by atoms with Crippen LogP contribution in [0, 0.1) is 0 Å². The minimum Gasteiger partial charge on any atom is -0.507 e. The Kier molecular flexibility index (Phi) is 5.11. The largest absolute Gasteiger partial charge is 0.507 e. The van der Waals surface area contributed by atoms with Crippen molar-refractivity contribution in [2.24, 2.45) is 4.99 Å². The van der Waals surface area contributed by atoms with Gasteiger partial charge in [-0.2, -0.15) is 0 Å². The lowest BCUT2D eigenvalue weighted by atomic mass is 10.1.